The Hall–Kier alpha value is -1.89. The van der Waals surface area contributed by atoms with Crippen LogP contribution in [-0.2, 0) is 7.05 Å². The molecular formula is C12H17N3O4. The maximum Gasteiger partial charge on any atom is 0.287 e. The lowest BCUT2D eigenvalue weighted by Gasteiger charge is -2.31. The summed E-state index contributed by atoms with van der Waals surface area (Å²) in [6, 6.07) is 1.31. The van der Waals surface area contributed by atoms with Gasteiger partial charge in [0.25, 0.3) is 11.6 Å². The van der Waals surface area contributed by atoms with E-state index in [1.165, 1.54) is 16.8 Å². The number of aliphatic hydroxyl groups excluding tert-OH is 1. The zero-order chi connectivity index (χ0) is 14.0. The number of nitro groups is 1. The van der Waals surface area contributed by atoms with Gasteiger partial charge in [0.05, 0.1) is 11.1 Å². The van der Waals surface area contributed by atoms with Crippen molar-refractivity contribution >= 4 is 11.6 Å². The number of piperidine rings is 1. The molecule has 0 spiro atoms. The van der Waals surface area contributed by atoms with Crippen molar-refractivity contribution in [2.45, 2.75) is 12.8 Å². The number of amides is 1. The molecule has 1 aromatic heterocycles. The van der Waals surface area contributed by atoms with E-state index in [2.05, 4.69) is 0 Å². The Kier molecular flexibility index (Phi) is 3.84. The molecule has 0 bridgehead atoms. The lowest BCUT2D eigenvalue weighted by atomic mass is 9.98. The van der Waals surface area contributed by atoms with E-state index in [9.17, 15) is 14.9 Å². The summed E-state index contributed by atoms with van der Waals surface area (Å²) in [6.07, 6.45) is 2.89. The van der Waals surface area contributed by atoms with E-state index in [0.717, 1.165) is 12.8 Å². The highest BCUT2D eigenvalue weighted by Crippen LogP contribution is 2.21. The molecule has 0 aromatic carbocycles. The second-order valence-electron chi connectivity index (χ2n) is 4.87. The highest BCUT2D eigenvalue weighted by atomic mass is 16.6. The van der Waals surface area contributed by atoms with Crippen molar-refractivity contribution in [1.82, 2.24) is 9.47 Å². The molecule has 19 heavy (non-hydrogen) atoms. The van der Waals surface area contributed by atoms with Gasteiger partial charge < -0.3 is 14.6 Å². The van der Waals surface area contributed by atoms with Crippen LogP contribution in [0.25, 0.3) is 0 Å². The third-order valence-corrected chi connectivity index (χ3v) is 3.58. The summed E-state index contributed by atoms with van der Waals surface area (Å²) in [7, 11) is 1.63. The summed E-state index contributed by atoms with van der Waals surface area (Å²) in [5, 5.41) is 19.7. The van der Waals surface area contributed by atoms with Gasteiger partial charge in [0.1, 0.15) is 5.69 Å². The maximum absolute atomic E-state index is 12.3. The van der Waals surface area contributed by atoms with Crippen molar-refractivity contribution in [3.8, 4) is 0 Å². The molecule has 2 heterocycles. The van der Waals surface area contributed by atoms with Crippen molar-refractivity contribution in [3.05, 3.63) is 28.1 Å². The number of aromatic nitrogens is 1. The minimum absolute atomic E-state index is 0.0731. The summed E-state index contributed by atoms with van der Waals surface area (Å²) in [5.74, 6) is 0.0683. The molecule has 1 saturated heterocycles. The Bertz CT molecular complexity index is 489. The van der Waals surface area contributed by atoms with Crippen molar-refractivity contribution < 1.29 is 14.8 Å². The molecule has 2 rings (SSSR count). The van der Waals surface area contributed by atoms with E-state index in [0.29, 0.717) is 18.8 Å². The lowest BCUT2D eigenvalue weighted by molar-refractivity contribution is -0.384. The molecule has 7 nitrogen and oxygen atoms in total. The predicted molar refractivity (Wildman–Crippen MR) is 67.8 cm³/mol. The van der Waals surface area contributed by atoms with Gasteiger partial charge in [-0.2, -0.15) is 0 Å². The van der Waals surface area contributed by atoms with Crippen LogP contribution in [0.4, 0.5) is 5.69 Å². The van der Waals surface area contributed by atoms with Gasteiger partial charge in [-0.25, -0.2) is 0 Å². The van der Waals surface area contributed by atoms with Crippen LogP contribution in [0.1, 0.15) is 23.3 Å². The molecule has 0 unspecified atom stereocenters. The van der Waals surface area contributed by atoms with Crippen LogP contribution < -0.4 is 0 Å². The minimum atomic E-state index is -0.505. The molecule has 0 atom stereocenters. The van der Waals surface area contributed by atoms with Crippen molar-refractivity contribution in [2.75, 3.05) is 19.7 Å². The first kappa shape index (κ1) is 13.5. The Morgan fingerprint density at radius 1 is 1.53 bits per heavy atom. The van der Waals surface area contributed by atoms with E-state index in [1.54, 1.807) is 11.9 Å². The number of carbonyl (C=O) groups is 1. The number of aliphatic hydroxyl groups is 1. The van der Waals surface area contributed by atoms with Crippen molar-refractivity contribution in [3.63, 3.8) is 0 Å². The Morgan fingerprint density at radius 2 is 2.16 bits per heavy atom. The fraction of sp³-hybridized carbons (Fsp3) is 0.583. The second kappa shape index (κ2) is 5.40. The standard InChI is InChI=1S/C12H17N3O4/c1-13-7-10(15(18)19)6-11(13)12(17)14-4-2-9(8-16)3-5-14/h6-7,9,16H,2-5,8H2,1H3. The van der Waals surface area contributed by atoms with Gasteiger partial charge in [-0.15, -0.1) is 0 Å². The van der Waals surface area contributed by atoms with Crippen LogP contribution in [0.5, 0.6) is 0 Å². The van der Waals surface area contributed by atoms with Gasteiger partial charge in [-0.05, 0) is 18.8 Å². The molecule has 0 aliphatic carbocycles. The fourth-order valence-electron chi connectivity index (χ4n) is 2.34. The predicted octanol–water partition coefficient (Wildman–Crippen LogP) is 0.778. The number of carbonyl (C=O) groups excluding carboxylic acids is 1. The molecule has 1 amide bonds. The third-order valence-electron chi connectivity index (χ3n) is 3.58. The van der Waals surface area contributed by atoms with E-state index in [-0.39, 0.29) is 24.1 Å². The highest BCUT2D eigenvalue weighted by Gasteiger charge is 2.26. The number of aryl methyl sites for hydroxylation is 1. The highest BCUT2D eigenvalue weighted by molar-refractivity contribution is 5.93. The van der Waals surface area contributed by atoms with E-state index < -0.39 is 4.92 Å². The van der Waals surface area contributed by atoms with Crippen molar-refractivity contribution in [2.24, 2.45) is 13.0 Å². The van der Waals surface area contributed by atoms with Gasteiger partial charge >= 0.3 is 0 Å². The molecule has 0 radical (unpaired) electrons. The van der Waals surface area contributed by atoms with Crippen LogP contribution >= 0.6 is 0 Å². The first-order valence-electron chi connectivity index (χ1n) is 6.23. The van der Waals surface area contributed by atoms with Crippen LogP contribution in [0.15, 0.2) is 12.3 Å². The summed E-state index contributed by atoms with van der Waals surface area (Å²) in [4.78, 5) is 24.1. The van der Waals surface area contributed by atoms with Crippen LogP contribution in [0.3, 0.4) is 0 Å². The molecule has 104 valence electrons. The average molecular weight is 267 g/mol. The summed E-state index contributed by atoms with van der Waals surface area (Å²) < 4.78 is 1.48. The third kappa shape index (κ3) is 2.76. The zero-order valence-corrected chi connectivity index (χ0v) is 10.8. The number of rotatable bonds is 3. The van der Waals surface area contributed by atoms with E-state index in [4.69, 9.17) is 5.11 Å². The zero-order valence-electron chi connectivity index (χ0n) is 10.8. The molecule has 1 N–H and O–H groups in total. The molecule has 1 aliphatic rings. The second-order valence-corrected chi connectivity index (χ2v) is 4.87. The van der Waals surface area contributed by atoms with E-state index >= 15 is 0 Å². The average Bonchev–Trinajstić information content (AvgIpc) is 2.80. The Labute approximate surface area is 110 Å². The minimum Gasteiger partial charge on any atom is -0.396 e. The summed E-state index contributed by atoms with van der Waals surface area (Å²) in [6.45, 7) is 1.32. The van der Waals surface area contributed by atoms with Gasteiger partial charge in [0, 0.05) is 32.8 Å². The van der Waals surface area contributed by atoms with Crippen molar-refractivity contribution in [1.29, 1.82) is 0 Å². The number of hydrogen-bond acceptors (Lipinski definition) is 4. The lowest BCUT2D eigenvalue weighted by Crippen LogP contribution is -2.39. The first-order valence-corrected chi connectivity index (χ1v) is 6.23. The first-order chi connectivity index (χ1) is 9.02. The Morgan fingerprint density at radius 3 is 2.63 bits per heavy atom. The Balaban J connectivity index is 2.10. The molecule has 1 aromatic rings. The van der Waals surface area contributed by atoms with Gasteiger partial charge in [0.2, 0.25) is 0 Å². The molecule has 0 saturated carbocycles. The monoisotopic (exact) mass is 267 g/mol. The molecular weight excluding hydrogens is 250 g/mol. The van der Waals surface area contributed by atoms with Crippen LogP contribution in [-0.4, -0.2) is 45.1 Å². The fourth-order valence-corrected chi connectivity index (χ4v) is 2.34. The number of likely N-dealkylation sites (tertiary alicyclic amines) is 1. The molecule has 7 heteroatoms. The smallest absolute Gasteiger partial charge is 0.287 e. The van der Waals surface area contributed by atoms with Gasteiger partial charge in [0.15, 0.2) is 0 Å². The SMILES string of the molecule is Cn1cc([N+](=O)[O-])cc1C(=O)N1CCC(CO)CC1. The normalized spacial score (nSPS) is 16.6. The largest absolute Gasteiger partial charge is 0.396 e. The maximum atomic E-state index is 12.3. The summed E-state index contributed by atoms with van der Waals surface area (Å²) in [5.41, 5.74) is 0.255. The number of nitrogens with zero attached hydrogens (tertiary/aromatic N) is 3. The topological polar surface area (TPSA) is 88.6 Å². The molecule has 1 fully saturated rings. The van der Waals surface area contributed by atoms with Gasteiger partial charge in [-0.1, -0.05) is 0 Å². The summed E-state index contributed by atoms with van der Waals surface area (Å²) >= 11 is 0. The quantitative estimate of drug-likeness (QED) is 0.647. The molecule has 1 aliphatic heterocycles. The van der Waals surface area contributed by atoms with Crippen LogP contribution in [0.2, 0.25) is 0 Å². The van der Waals surface area contributed by atoms with Crippen LogP contribution in [0, 0.1) is 16.0 Å². The van der Waals surface area contributed by atoms with E-state index in [1.807, 2.05) is 0 Å². The number of hydrogen-bond donors (Lipinski definition) is 1. The van der Waals surface area contributed by atoms with Gasteiger partial charge in [-0.3, -0.25) is 14.9 Å².